The molecule has 4 rings (SSSR count). The van der Waals surface area contributed by atoms with Crippen LogP contribution in [0, 0.1) is 0 Å². The van der Waals surface area contributed by atoms with E-state index in [1.54, 1.807) is 7.11 Å². The van der Waals surface area contributed by atoms with Crippen LogP contribution in [-0.4, -0.2) is 7.11 Å². The maximum atomic E-state index is 6.06. The summed E-state index contributed by atoms with van der Waals surface area (Å²) in [6.07, 6.45) is 1.09. The molecular formula is C22H20ClNO. The molecule has 2 nitrogen and oxygen atoms in total. The van der Waals surface area contributed by atoms with Gasteiger partial charge in [-0.3, -0.25) is 0 Å². The number of ether oxygens (including phenoxy) is 1. The predicted molar refractivity (Wildman–Crippen MR) is 103 cm³/mol. The standard InChI is InChI=1S/C22H20ClNO/c1-25-20-13-11-19(12-14-20)24-21(16-5-3-2-4-6-16)15-22(24)17-7-9-18(23)10-8-17/h2-14,21-22H,15H2,1H3/t21-,22+/m0/s1. The van der Waals surface area contributed by atoms with Crippen molar-refractivity contribution in [3.8, 4) is 5.75 Å². The Balaban J connectivity index is 1.69. The number of hydrogen-bond donors (Lipinski definition) is 0. The molecular weight excluding hydrogens is 330 g/mol. The van der Waals surface area contributed by atoms with Crippen molar-refractivity contribution in [2.45, 2.75) is 18.5 Å². The fourth-order valence-electron chi connectivity index (χ4n) is 3.59. The van der Waals surface area contributed by atoms with E-state index in [9.17, 15) is 0 Å². The van der Waals surface area contributed by atoms with Crippen LogP contribution in [0.25, 0.3) is 0 Å². The first-order valence-corrected chi connectivity index (χ1v) is 8.87. The number of methoxy groups -OCH3 is 1. The van der Waals surface area contributed by atoms with Gasteiger partial charge >= 0.3 is 0 Å². The number of nitrogens with zero attached hydrogens (tertiary/aromatic N) is 1. The van der Waals surface area contributed by atoms with Gasteiger partial charge in [0, 0.05) is 10.7 Å². The molecule has 1 heterocycles. The van der Waals surface area contributed by atoms with Crippen LogP contribution in [0.5, 0.6) is 5.75 Å². The summed E-state index contributed by atoms with van der Waals surface area (Å²) in [5.74, 6) is 0.878. The van der Waals surface area contributed by atoms with Crippen molar-refractivity contribution >= 4 is 17.3 Å². The van der Waals surface area contributed by atoms with Crippen LogP contribution in [0.15, 0.2) is 78.9 Å². The van der Waals surface area contributed by atoms with Crippen LogP contribution >= 0.6 is 11.6 Å². The lowest BCUT2D eigenvalue weighted by Gasteiger charge is -2.51. The van der Waals surface area contributed by atoms with Crippen molar-refractivity contribution in [2.75, 3.05) is 12.0 Å². The zero-order chi connectivity index (χ0) is 17.2. The van der Waals surface area contributed by atoms with E-state index in [2.05, 4.69) is 59.5 Å². The molecule has 1 fully saturated rings. The fourth-order valence-corrected chi connectivity index (χ4v) is 3.71. The predicted octanol–water partition coefficient (Wildman–Crippen LogP) is 6.04. The summed E-state index contributed by atoms with van der Waals surface area (Å²) in [7, 11) is 1.70. The Hall–Kier alpha value is -2.45. The third kappa shape index (κ3) is 3.10. The lowest BCUT2D eigenvalue weighted by molar-refractivity contribution is 0.352. The number of anilines is 1. The van der Waals surface area contributed by atoms with Crippen LogP contribution in [0.3, 0.4) is 0 Å². The van der Waals surface area contributed by atoms with E-state index in [0.29, 0.717) is 12.1 Å². The number of rotatable bonds is 4. The monoisotopic (exact) mass is 349 g/mol. The third-order valence-corrected chi connectivity index (χ3v) is 5.18. The summed E-state index contributed by atoms with van der Waals surface area (Å²) in [4.78, 5) is 2.48. The Morgan fingerprint density at radius 3 is 2.00 bits per heavy atom. The summed E-state index contributed by atoms with van der Waals surface area (Å²) in [5.41, 5.74) is 3.86. The maximum absolute atomic E-state index is 6.06. The highest BCUT2D eigenvalue weighted by molar-refractivity contribution is 6.30. The first-order valence-electron chi connectivity index (χ1n) is 8.49. The van der Waals surface area contributed by atoms with Gasteiger partial charge in [-0.1, -0.05) is 54.1 Å². The van der Waals surface area contributed by atoms with Gasteiger partial charge in [-0.25, -0.2) is 0 Å². The first-order chi connectivity index (χ1) is 12.3. The lowest BCUT2D eigenvalue weighted by Crippen LogP contribution is -2.44. The average molecular weight is 350 g/mol. The second-order valence-electron chi connectivity index (χ2n) is 6.33. The molecule has 0 aliphatic carbocycles. The molecule has 0 aromatic heterocycles. The minimum Gasteiger partial charge on any atom is -0.497 e. The molecule has 0 saturated carbocycles. The van der Waals surface area contributed by atoms with Crippen molar-refractivity contribution in [3.05, 3.63) is 95.0 Å². The zero-order valence-corrected chi connectivity index (χ0v) is 14.9. The first kappa shape index (κ1) is 16.0. The van der Waals surface area contributed by atoms with Gasteiger partial charge in [-0.2, -0.15) is 0 Å². The summed E-state index contributed by atoms with van der Waals surface area (Å²) in [5, 5.41) is 0.777. The van der Waals surface area contributed by atoms with E-state index < -0.39 is 0 Å². The quantitative estimate of drug-likeness (QED) is 0.569. The molecule has 0 N–H and O–H groups in total. The van der Waals surface area contributed by atoms with Gasteiger partial charge in [-0.15, -0.1) is 0 Å². The Labute approximate surface area is 153 Å². The highest BCUT2D eigenvalue weighted by Crippen LogP contribution is 2.50. The molecule has 1 saturated heterocycles. The van der Waals surface area contributed by atoms with E-state index in [1.165, 1.54) is 16.8 Å². The molecule has 0 radical (unpaired) electrons. The second kappa shape index (κ2) is 6.81. The fraction of sp³-hybridized carbons (Fsp3) is 0.182. The van der Waals surface area contributed by atoms with Gasteiger partial charge in [-0.05, 0) is 53.9 Å². The van der Waals surface area contributed by atoms with Gasteiger partial charge in [0.1, 0.15) is 5.75 Å². The number of halogens is 1. The van der Waals surface area contributed by atoms with Gasteiger partial charge in [0.2, 0.25) is 0 Å². The zero-order valence-electron chi connectivity index (χ0n) is 14.1. The molecule has 0 unspecified atom stereocenters. The summed E-state index contributed by atoms with van der Waals surface area (Å²) in [6, 6.07) is 28.0. The minimum atomic E-state index is 0.357. The van der Waals surface area contributed by atoms with Gasteiger partial charge in [0.25, 0.3) is 0 Å². The summed E-state index contributed by atoms with van der Waals surface area (Å²) < 4.78 is 5.30. The second-order valence-corrected chi connectivity index (χ2v) is 6.77. The number of hydrogen-bond acceptors (Lipinski definition) is 2. The molecule has 3 aromatic carbocycles. The SMILES string of the molecule is COc1ccc(N2[C@@H](c3ccc(Cl)cc3)C[C@H]2c2ccccc2)cc1. The topological polar surface area (TPSA) is 12.5 Å². The highest BCUT2D eigenvalue weighted by Gasteiger charge is 2.40. The molecule has 1 aliphatic heterocycles. The molecule has 0 bridgehead atoms. The molecule has 0 spiro atoms. The molecule has 3 heteroatoms. The molecule has 3 aromatic rings. The summed E-state index contributed by atoms with van der Waals surface area (Å²) >= 11 is 6.06. The van der Waals surface area contributed by atoms with Gasteiger partial charge < -0.3 is 9.64 Å². The van der Waals surface area contributed by atoms with Crippen molar-refractivity contribution in [2.24, 2.45) is 0 Å². The Morgan fingerprint density at radius 1 is 0.800 bits per heavy atom. The maximum Gasteiger partial charge on any atom is 0.119 e. The average Bonchev–Trinajstić information content (AvgIpc) is 2.64. The van der Waals surface area contributed by atoms with Gasteiger partial charge in [0.05, 0.1) is 19.2 Å². The van der Waals surface area contributed by atoms with Crippen LogP contribution in [0.2, 0.25) is 5.02 Å². The van der Waals surface area contributed by atoms with E-state index >= 15 is 0 Å². The van der Waals surface area contributed by atoms with Crippen LogP contribution < -0.4 is 9.64 Å². The third-order valence-electron chi connectivity index (χ3n) is 4.93. The molecule has 0 amide bonds. The minimum absolute atomic E-state index is 0.357. The van der Waals surface area contributed by atoms with Crippen LogP contribution in [0.4, 0.5) is 5.69 Å². The largest absolute Gasteiger partial charge is 0.497 e. The Kier molecular flexibility index (Phi) is 4.37. The van der Waals surface area contributed by atoms with Crippen molar-refractivity contribution < 1.29 is 4.74 Å². The normalized spacial score (nSPS) is 19.4. The molecule has 2 atom stereocenters. The van der Waals surface area contributed by atoms with Crippen molar-refractivity contribution in [1.82, 2.24) is 0 Å². The van der Waals surface area contributed by atoms with Crippen LogP contribution in [0.1, 0.15) is 29.6 Å². The van der Waals surface area contributed by atoms with E-state index in [1.807, 2.05) is 24.3 Å². The van der Waals surface area contributed by atoms with Crippen LogP contribution in [-0.2, 0) is 0 Å². The molecule has 126 valence electrons. The number of benzene rings is 3. The Bertz CT molecular complexity index is 830. The smallest absolute Gasteiger partial charge is 0.119 e. The molecule has 1 aliphatic rings. The van der Waals surface area contributed by atoms with Gasteiger partial charge in [0.15, 0.2) is 0 Å². The van der Waals surface area contributed by atoms with E-state index in [-0.39, 0.29) is 0 Å². The summed E-state index contributed by atoms with van der Waals surface area (Å²) in [6.45, 7) is 0. The van der Waals surface area contributed by atoms with Crippen molar-refractivity contribution in [3.63, 3.8) is 0 Å². The highest BCUT2D eigenvalue weighted by atomic mass is 35.5. The lowest BCUT2D eigenvalue weighted by atomic mass is 9.83. The van der Waals surface area contributed by atoms with E-state index in [0.717, 1.165) is 17.2 Å². The Morgan fingerprint density at radius 2 is 1.40 bits per heavy atom. The molecule has 25 heavy (non-hydrogen) atoms. The van der Waals surface area contributed by atoms with E-state index in [4.69, 9.17) is 16.3 Å². The van der Waals surface area contributed by atoms with Crippen molar-refractivity contribution in [1.29, 1.82) is 0 Å².